The van der Waals surface area contributed by atoms with Crippen LogP contribution in [0.5, 0.6) is 0 Å². The van der Waals surface area contributed by atoms with E-state index in [1.807, 2.05) is 4.90 Å². The molecule has 4 nitrogen and oxygen atoms in total. The molecular formula is C24H24F3NO3. The van der Waals surface area contributed by atoms with Gasteiger partial charge in [-0.1, -0.05) is 24.3 Å². The van der Waals surface area contributed by atoms with Crippen molar-refractivity contribution in [2.75, 3.05) is 26.3 Å². The maximum atomic E-state index is 12.9. The van der Waals surface area contributed by atoms with Crippen LogP contribution >= 0.6 is 0 Å². The Hall–Kier alpha value is -2.38. The number of nitrogens with zero attached hydrogens (tertiary/aromatic N) is 1. The van der Waals surface area contributed by atoms with Gasteiger partial charge in [-0.2, -0.15) is 13.2 Å². The Labute approximate surface area is 178 Å². The number of alkyl halides is 3. The van der Waals surface area contributed by atoms with Gasteiger partial charge in [0.05, 0.1) is 18.8 Å². The molecule has 3 fully saturated rings. The molecule has 3 aliphatic rings. The van der Waals surface area contributed by atoms with Crippen LogP contribution in [0.3, 0.4) is 0 Å². The number of carbonyl (C=O) groups is 1. The third-order valence-corrected chi connectivity index (χ3v) is 7.10. The molecule has 0 bridgehead atoms. The summed E-state index contributed by atoms with van der Waals surface area (Å²) in [6, 6.07) is 12.6. The smallest absolute Gasteiger partial charge is 0.380 e. The van der Waals surface area contributed by atoms with Gasteiger partial charge in [-0.25, -0.2) is 0 Å². The van der Waals surface area contributed by atoms with Gasteiger partial charge in [0.15, 0.2) is 0 Å². The number of carbonyl (C=O) groups excluding carboxylic acids is 1. The van der Waals surface area contributed by atoms with Gasteiger partial charge in [0.2, 0.25) is 0 Å². The molecule has 1 amide bonds. The summed E-state index contributed by atoms with van der Waals surface area (Å²) in [4.78, 5) is 14.8. The van der Waals surface area contributed by atoms with Crippen molar-refractivity contribution in [3.63, 3.8) is 0 Å². The van der Waals surface area contributed by atoms with Crippen LogP contribution in [-0.2, 0) is 16.5 Å². The third kappa shape index (κ3) is 3.74. The molecule has 0 spiro atoms. The molecule has 5 rings (SSSR count). The van der Waals surface area contributed by atoms with Crippen LogP contribution in [0.1, 0.15) is 45.8 Å². The van der Waals surface area contributed by atoms with Crippen LogP contribution < -0.4 is 0 Å². The third-order valence-electron chi connectivity index (χ3n) is 7.10. The number of hydrogen-bond acceptors (Lipinski definition) is 3. The standard InChI is InChI=1S/C24H24F3NO3/c25-24(26,27)21-7-1-15(2-8-21)17-9-18-11-28(12-19(18)10-17)22(29)16-3-5-20(6-4-16)23(30)13-31-14-23/h1-8,17-19,30H,9-14H2. The maximum Gasteiger partial charge on any atom is 0.416 e. The van der Waals surface area contributed by atoms with E-state index >= 15 is 0 Å². The fourth-order valence-corrected chi connectivity index (χ4v) is 5.25. The minimum Gasteiger partial charge on any atom is -0.380 e. The van der Waals surface area contributed by atoms with Gasteiger partial charge in [-0.05, 0) is 66.0 Å². The molecule has 2 aliphatic heterocycles. The van der Waals surface area contributed by atoms with Crippen LogP contribution in [-0.4, -0.2) is 42.2 Å². The molecule has 7 heteroatoms. The lowest BCUT2D eigenvalue weighted by Gasteiger charge is -2.36. The number of amides is 1. The number of halogens is 3. The van der Waals surface area contributed by atoms with Gasteiger partial charge in [0.25, 0.3) is 5.91 Å². The zero-order valence-electron chi connectivity index (χ0n) is 16.9. The van der Waals surface area contributed by atoms with Crippen molar-refractivity contribution < 1.29 is 27.8 Å². The van der Waals surface area contributed by atoms with Crippen molar-refractivity contribution in [2.45, 2.75) is 30.5 Å². The quantitative estimate of drug-likeness (QED) is 0.793. The van der Waals surface area contributed by atoms with E-state index < -0.39 is 17.3 Å². The summed E-state index contributed by atoms with van der Waals surface area (Å²) >= 11 is 0. The second kappa shape index (κ2) is 7.35. The van der Waals surface area contributed by atoms with E-state index in [0.717, 1.165) is 36.1 Å². The van der Waals surface area contributed by atoms with E-state index in [9.17, 15) is 23.1 Å². The lowest BCUT2D eigenvalue weighted by Crippen LogP contribution is -2.46. The summed E-state index contributed by atoms with van der Waals surface area (Å²) in [6.45, 7) is 1.91. The summed E-state index contributed by atoms with van der Waals surface area (Å²) in [7, 11) is 0. The molecular weight excluding hydrogens is 407 g/mol. The minimum atomic E-state index is -4.31. The minimum absolute atomic E-state index is 0.0103. The van der Waals surface area contributed by atoms with Gasteiger partial charge in [0, 0.05) is 18.7 Å². The predicted octanol–water partition coefficient (Wildman–Crippen LogP) is 4.19. The average Bonchev–Trinajstić information content (AvgIpc) is 3.30. The van der Waals surface area contributed by atoms with E-state index in [0.29, 0.717) is 30.5 Å². The molecule has 1 aliphatic carbocycles. The molecule has 2 atom stereocenters. The summed E-state index contributed by atoms with van der Waals surface area (Å²) < 4.78 is 43.4. The van der Waals surface area contributed by atoms with Crippen LogP contribution in [0, 0.1) is 11.8 Å². The van der Waals surface area contributed by atoms with Crippen LogP contribution in [0.15, 0.2) is 48.5 Å². The number of aliphatic hydroxyl groups is 1. The highest BCUT2D eigenvalue weighted by Gasteiger charge is 2.43. The molecule has 2 heterocycles. The highest BCUT2D eigenvalue weighted by atomic mass is 19.4. The largest absolute Gasteiger partial charge is 0.416 e. The van der Waals surface area contributed by atoms with E-state index in [-0.39, 0.29) is 25.0 Å². The molecule has 1 N–H and O–H groups in total. The highest BCUT2D eigenvalue weighted by Crippen LogP contribution is 2.46. The van der Waals surface area contributed by atoms with Gasteiger partial charge in [0.1, 0.15) is 5.60 Å². The second-order valence-corrected chi connectivity index (χ2v) is 9.12. The van der Waals surface area contributed by atoms with E-state index in [1.165, 1.54) is 0 Å². The van der Waals surface area contributed by atoms with Crippen molar-refractivity contribution in [3.05, 3.63) is 70.8 Å². The van der Waals surface area contributed by atoms with Crippen LogP contribution in [0.4, 0.5) is 13.2 Å². The summed E-state index contributed by atoms with van der Waals surface area (Å²) in [5.74, 6) is 0.995. The number of hydrogen-bond donors (Lipinski definition) is 1. The Balaban J connectivity index is 1.20. The fraction of sp³-hybridized carbons (Fsp3) is 0.458. The Morgan fingerprint density at radius 3 is 2.03 bits per heavy atom. The SMILES string of the molecule is O=C(c1ccc(C2(O)COC2)cc1)N1CC2CC(c3ccc(C(F)(F)F)cc3)CC2C1. The van der Waals surface area contributed by atoms with Crippen molar-refractivity contribution in [1.82, 2.24) is 4.90 Å². The first-order valence-electron chi connectivity index (χ1n) is 10.6. The summed E-state index contributed by atoms with van der Waals surface area (Å²) in [5, 5.41) is 10.3. The Morgan fingerprint density at radius 1 is 0.968 bits per heavy atom. The van der Waals surface area contributed by atoms with E-state index in [1.54, 1.807) is 36.4 Å². The first-order chi connectivity index (χ1) is 14.7. The van der Waals surface area contributed by atoms with E-state index in [2.05, 4.69) is 0 Å². The molecule has 1 saturated carbocycles. The average molecular weight is 431 g/mol. The van der Waals surface area contributed by atoms with Crippen molar-refractivity contribution >= 4 is 5.91 Å². The van der Waals surface area contributed by atoms with Gasteiger partial charge < -0.3 is 14.7 Å². The fourth-order valence-electron chi connectivity index (χ4n) is 5.25. The number of fused-ring (bicyclic) bond motifs is 1. The Bertz CT molecular complexity index is 953. The molecule has 0 aromatic heterocycles. The summed E-state index contributed by atoms with van der Waals surface area (Å²) in [6.07, 6.45) is -2.52. The predicted molar refractivity (Wildman–Crippen MR) is 107 cm³/mol. The number of ether oxygens (including phenoxy) is 1. The van der Waals surface area contributed by atoms with Gasteiger partial charge in [-0.15, -0.1) is 0 Å². The van der Waals surface area contributed by atoms with E-state index in [4.69, 9.17) is 4.74 Å². The molecule has 2 unspecified atom stereocenters. The normalized spacial score (nSPS) is 27.1. The van der Waals surface area contributed by atoms with Crippen LogP contribution in [0.25, 0.3) is 0 Å². The number of likely N-dealkylation sites (tertiary alicyclic amines) is 1. The monoisotopic (exact) mass is 431 g/mol. The zero-order chi connectivity index (χ0) is 21.8. The molecule has 2 aromatic carbocycles. The second-order valence-electron chi connectivity index (χ2n) is 9.12. The molecule has 2 saturated heterocycles. The molecule has 31 heavy (non-hydrogen) atoms. The molecule has 2 aromatic rings. The van der Waals surface area contributed by atoms with Crippen molar-refractivity contribution in [3.8, 4) is 0 Å². The zero-order valence-corrected chi connectivity index (χ0v) is 16.9. The van der Waals surface area contributed by atoms with Crippen molar-refractivity contribution in [2.24, 2.45) is 11.8 Å². The number of rotatable bonds is 3. The first-order valence-corrected chi connectivity index (χ1v) is 10.6. The van der Waals surface area contributed by atoms with Crippen LogP contribution in [0.2, 0.25) is 0 Å². The molecule has 164 valence electrons. The Kier molecular flexibility index (Phi) is 4.86. The topological polar surface area (TPSA) is 49.8 Å². The first kappa shape index (κ1) is 20.5. The van der Waals surface area contributed by atoms with Crippen molar-refractivity contribution in [1.29, 1.82) is 0 Å². The maximum absolute atomic E-state index is 12.9. The highest BCUT2D eigenvalue weighted by molar-refractivity contribution is 5.94. The lowest BCUT2D eigenvalue weighted by atomic mass is 9.91. The molecule has 0 radical (unpaired) electrons. The number of benzene rings is 2. The lowest BCUT2D eigenvalue weighted by molar-refractivity contribution is -0.184. The summed E-state index contributed by atoms with van der Waals surface area (Å²) in [5.41, 5.74) is 0.752. The Morgan fingerprint density at radius 2 is 1.55 bits per heavy atom. The van der Waals surface area contributed by atoms with Gasteiger partial charge in [-0.3, -0.25) is 4.79 Å². The van der Waals surface area contributed by atoms with Gasteiger partial charge >= 0.3 is 6.18 Å².